The predicted octanol–water partition coefficient (Wildman–Crippen LogP) is 1.40. The van der Waals surface area contributed by atoms with Gasteiger partial charge < -0.3 is 15.2 Å². The molecule has 0 unspecified atom stereocenters. The molecule has 2 N–H and O–H groups in total. The van der Waals surface area contributed by atoms with Crippen LogP contribution in [-0.4, -0.2) is 49.4 Å². The van der Waals surface area contributed by atoms with E-state index in [4.69, 9.17) is 0 Å². The van der Waals surface area contributed by atoms with Gasteiger partial charge in [0.2, 0.25) is 5.91 Å². The topological polar surface area (TPSA) is 113 Å². The minimum Gasteiger partial charge on any atom is -0.348 e. The SMILES string of the molecule is Cc1ncc(NC(=O)CN(C)c2ncnc3nc[nH]c23)c(C2CC2)n1. The van der Waals surface area contributed by atoms with Crippen LogP contribution in [0.2, 0.25) is 0 Å². The van der Waals surface area contributed by atoms with Gasteiger partial charge in [-0.1, -0.05) is 0 Å². The summed E-state index contributed by atoms with van der Waals surface area (Å²) in [5.74, 6) is 1.63. The predicted molar refractivity (Wildman–Crippen MR) is 92.3 cm³/mol. The van der Waals surface area contributed by atoms with Crippen LogP contribution in [0.5, 0.6) is 0 Å². The molecule has 9 nitrogen and oxygen atoms in total. The first-order valence-electron chi connectivity index (χ1n) is 8.10. The lowest BCUT2D eigenvalue weighted by Gasteiger charge is -2.18. The Labute approximate surface area is 143 Å². The number of fused-ring (bicyclic) bond motifs is 1. The second-order valence-electron chi connectivity index (χ2n) is 6.19. The maximum absolute atomic E-state index is 12.5. The van der Waals surface area contributed by atoms with Crippen molar-refractivity contribution in [3.63, 3.8) is 0 Å². The first-order valence-corrected chi connectivity index (χ1v) is 8.10. The molecule has 3 heterocycles. The van der Waals surface area contributed by atoms with Gasteiger partial charge in [-0.05, 0) is 19.8 Å². The summed E-state index contributed by atoms with van der Waals surface area (Å²) in [5, 5.41) is 2.93. The third kappa shape index (κ3) is 3.12. The van der Waals surface area contributed by atoms with Gasteiger partial charge in [-0.25, -0.2) is 24.9 Å². The molecule has 1 fully saturated rings. The number of rotatable bonds is 5. The Morgan fingerprint density at radius 3 is 2.96 bits per heavy atom. The lowest BCUT2D eigenvalue weighted by molar-refractivity contribution is -0.114. The quantitative estimate of drug-likeness (QED) is 0.723. The molecule has 0 aliphatic heterocycles. The monoisotopic (exact) mass is 338 g/mol. The number of aromatic nitrogens is 6. The molecule has 0 saturated heterocycles. The molecule has 1 aliphatic rings. The summed E-state index contributed by atoms with van der Waals surface area (Å²) in [6.45, 7) is 2.00. The van der Waals surface area contributed by atoms with Gasteiger partial charge in [0, 0.05) is 13.0 Å². The van der Waals surface area contributed by atoms with Crippen molar-refractivity contribution in [1.82, 2.24) is 29.9 Å². The highest BCUT2D eigenvalue weighted by Crippen LogP contribution is 2.42. The van der Waals surface area contributed by atoms with Crippen molar-refractivity contribution in [3.8, 4) is 0 Å². The van der Waals surface area contributed by atoms with Gasteiger partial charge >= 0.3 is 0 Å². The highest BCUT2D eigenvalue weighted by molar-refractivity contribution is 5.95. The van der Waals surface area contributed by atoms with Crippen LogP contribution in [0.3, 0.4) is 0 Å². The van der Waals surface area contributed by atoms with Gasteiger partial charge in [0.15, 0.2) is 11.5 Å². The molecule has 4 rings (SSSR count). The zero-order valence-electron chi connectivity index (χ0n) is 14.0. The number of aromatic amines is 1. The van der Waals surface area contributed by atoms with Gasteiger partial charge in [0.05, 0.1) is 30.5 Å². The number of H-pyrrole nitrogens is 1. The molecule has 9 heteroatoms. The largest absolute Gasteiger partial charge is 0.348 e. The lowest BCUT2D eigenvalue weighted by Crippen LogP contribution is -2.31. The minimum absolute atomic E-state index is 0.142. The number of anilines is 2. The van der Waals surface area contributed by atoms with Crippen LogP contribution in [0.4, 0.5) is 11.5 Å². The van der Waals surface area contributed by atoms with Crippen LogP contribution in [0.25, 0.3) is 11.2 Å². The van der Waals surface area contributed by atoms with E-state index in [2.05, 4.69) is 35.2 Å². The first kappa shape index (κ1) is 15.4. The molecule has 0 atom stereocenters. The molecule has 128 valence electrons. The van der Waals surface area contributed by atoms with Gasteiger partial charge in [-0.15, -0.1) is 0 Å². The number of nitrogens with zero attached hydrogens (tertiary/aromatic N) is 6. The molecule has 0 spiro atoms. The third-order valence-electron chi connectivity index (χ3n) is 4.12. The number of imidazole rings is 1. The highest BCUT2D eigenvalue weighted by Gasteiger charge is 2.28. The molecule has 25 heavy (non-hydrogen) atoms. The summed E-state index contributed by atoms with van der Waals surface area (Å²) in [5.41, 5.74) is 2.90. The van der Waals surface area contributed by atoms with Crippen LogP contribution in [-0.2, 0) is 4.79 Å². The summed E-state index contributed by atoms with van der Waals surface area (Å²) >= 11 is 0. The zero-order valence-corrected chi connectivity index (χ0v) is 14.0. The summed E-state index contributed by atoms with van der Waals surface area (Å²) < 4.78 is 0. The summed E-state index contributed by atoms with van der Waals surface area (Å²) in [6.07, 6.45) is 6.90. The molecule has 3 aromatic rings. The van der Waals surface area contributed by atoms with Crippen LogP contribution in [0.1, 0.15) is 30.3 Å². The van der Waals surface area contributed by atoms with E-state index < -0.39 is 0 Å². The van der Waals surface area contributed by atoms with Crippen molar-refractivity contribution >= 4 is 28.6 Å². The van der Waals surface area contributed by atoms with E-state index >= 15 is 0 Å². The van der Waals surface area contributed by atoms with Crippen molar-refractivity contribution in [2.45, 2.75) is 25.7 Å². The Bertz CT molecular complexity index is 933. The normalized spacial score (nSPS) is 13.8. The number of carbonyl (C=O) groups excluding carboxylic acids is 1. The summed E-state index contributed by atoms with van der Waals surface area (Å²) in [4.78, 5) is 38.3. The van der Waals surface area contributed by atoms with E-state index in [0.29, 0.717) is 28.6 Å². The molecule has 1 aliphatic carbocycles. The smallest absolute Gasteiger partial charge is 0.244 e. The van der Waals surface area contributed by atoms with Crippen molar-refractivity contribution in [3.05, 3.63) is 30.4 Å². The number of nitrogens with one attached hydrogen (secondary N) is 2. The fourth-order valence-electron chi connectivity index (χ4n) is 2.77. The molecular weight excluding hydrogens is 320 g/mol. The summed E-state index contributed by atoms with van der Waals surface area (Å²) in [7, 11) is 1.80. The van der Waals surface area contributed by atoms with Gasteiger partial charge in [0.25, 0.3) is 0 Å². The number of aryl methyl sites for hydroxylation is 1. The number of hydrogen-bond donors (Lipinski definition) is 2. The Kier molecular flexibility index (Phi) is 3.75. The Morgan fingerprint density at radius 2 is 2.16 bits per heavy atom. The second kappa shape index (κ2) is 6.08. The van der Waals surface area contributed by atoms with Gasteiger partial charge in [0.1, 0.15) is 17.7 Å². The van der Waals surface area contributed by atoms with E-state index in [-0.39, 0.29) is 12.5 Å². The van der Waals surface area contributed by atoms with Crippen molar-refractivity contribution in [2.24, 2.45) is 0 Å². The van der Waals surface area contributed by atoms with E-state index in [9.17, 15) is 4.79 Å². The lowest BCUT2D eigenvalue weighted by atomic mass is 10.2. The van der Waals surface area contributed by atoms with Crippen LogP contribution >= 0.6 is 0 Å². The third-order valence-corrected chi connectivity index (χ3v) is 4.12. The number of carbonyl (C=O) groups is 1. The van der Waals surface area contributed by atoms with Gasteiger partial charge in [-0.3, -0.25) is 4.79 Å². The standard InChI is InChI=1S/C16H18N8O/c1-9-17-5-11(13(22-9)10-3-4-10)23-12(25)6-24(2)16-14-15(19-7-18-14)20-8-21-16/h5,7-8,10H,3-4,6H2,1-2H3,(H,23,25)(H,18,19,20,21). The number of hydrogen-bond acceptors (Lipinski definition) is 7. The van der Waals surface area contributed by atoms with E-state index in [1.165, 1.54) is 6.33 Å². The second-order valence-corrected chi connectivity index (χ2v) is 6.19. The van der Waals surface area contributed by atoms with E-state index in [1.54, 1.807) is 24.5 Å². The highest BCUT2D eigenvalue weighted by atomic mass is 16.2. The average molecular weight is 338 g/mol. The first-order chi connectivity index (χ1) is 12.1. The molecule has 1 amide bonds. The fourth-order valence-corrected chi connectivity index (χ4v) is 2.77. The van der Waals surface area contributed by atoms with Crippen molar-refractivity contribution in [2.75, 3.05) is 23.8 Å². The van der Waals surface area contributed by atoms with Gasteiger partial charge in [-0.2, -0.15) is 0 Å². The number of amides is 1. The number of likely N-dealkylation sites (N-methyl/N-ethyl adjacent to an activating group) is 1. The zero-order chi connectivity index (χ0) is 17.4. The molecule has 1 saturated carbocycles. The molecule has 0 radical (unpaired) electrons. The van der Waals surface area contributed by atoms with E-state index in [1.807, 2.05) is 6.92 Å². The van der Waals surface area contributed by atoms with Crippen molar-refractivity contribution in [1.29, 1.82) is 0 Å². The Morgan fingerprint density at radius 1 is 1.32 bits per heavy atom. The molecule has 3 aromatic heterocycles. The molecular formula is C16H18N8O. The van der Waals surface area contributed by atoms with Crippen LogP contribution in [0.15, 0.2) is 18.9 Å². The van der Waals surface area contributed by atoms with E-state index in [0.717, 1.165) is 24.4 Å². The summed E-state index contributed by atoms with van der Waals surface area (Å²) in [6, 6.07) is 0. The fraction of sp³-hybridized carbons (Fsp3) is 0.375. The molecule has 0 bridgehead atoms. The maximum atomic E-state index is 12.5. The Balaban J connectivity index is 1.50. The Hall–Kier alpha value is -3.10. The molecule has 0 aromatic carbocycles. The maximum Gasteiger partial charge on any atom is 0.244 e. The average Bonchev–Trinajstić information content (AvgIpc) is 3.32. The van der Waals surface area contributed by atoms with Crippen LogP contribution < -0.4 is 10.2 Å². The van der Waals surface area contributed by atoms with Crippen LogP contribution in [0, 0.1) is 6.92 Å². The van der Waals surface area contributed by atoms with Crippen molar-refractivity contribution < 1.29 is 4.79 Å². The minimum atomic E-state index is -0.150.